The van der Waals surface area contributed by atoms with Gasteiger partial charge in [0.25, 0.3) is 5.91 Å². The standard InChI is InChI=1S/C14H15NO5/c1-8(2)6-10(14(17)18)15-13(16)9-4-3-5-11-12(9)20-7-19-11/h3-5,10H,1,6-7H2,2H3,(H,15,16)(H,17,18). The first-order valence-corrected chi connectivity index (χ1v) is 6.05. The van der Waals surface area contributed by atoms with Crippen LogP contribution >= 0.6 is 0 Å². The van der Waals surface area contributed by atoms with Crippen LogP contribution < -0.4 is 14.8 Å². The zero-order chi connectivity index (χ0) is 14.7. The number of hydrogen-bond acceptors (Lipinski definition) is 4. The highest BCUT2D eigenvalue weighted by molar-refractivity contribution is 5.99. The Bertz CT molecular complexity index is 567. The van der Waals surface area contributed by atoms with Crippen molar-refractivity contribution in [3.63, 3.8) is 0 Å². The summed E-state index contributed by atoms with van der Waals surface area (Å²) >= 11 is 0. The fourth-order valence-electron chi connectivity index (χ4n) is 1.89. The van der Waals surface area contributed by atoms with Crippen LogP contribution in [0.5, 0.6) is 11.5 Å². The third-order valence-corrected chi connectivity index (χ3v) is 2.80. The normalized spacial score (nSPS) is 13.7. The summed E-state index contributed by atoms with van der Waals surface area (Å²) in [6, 6.07) is 3.87. The zero-order valence-electron chi connectivity index (χ0n) is 11.0. The van der Waals surface area contributed by atoms with Crippen molar-refractivity contribution in [3.05, 3.63) is 35.9 Å². The van der Waals surface area contributed by atoms with E-state index in [2.05, 4.69) is 11.9 Å². The zero-order valence-corrected chi connectivity index (χ0v) is 11.0. The molecule has 1 aliphatic heterocycles. The molecule has 1 amide bonds. The molecule has 106 valence electrons. The average Bonchev–Trinajstić information content (AvgIpc) is 2.84. The Morgan fingerprint density at radius 1 is 1.45 bits per heavy atom. The highest BCUT2D eigenvalue weighted by Crippen LogP contribution is 2.35. The van der Waals surface area contributed by atoms with Crippen molar-refractivity contribution in [2.75, 3.05) is 6.79 Å². The molecule has 1 aromatic rings. The molecular formula is C14H15NO5. The number of carboxylic acid groups (broad SMARTS) is 1. The van der Waals surface area contributed by atoms with Crippen LogP contribution in [-0.2, 0) is 4.79 Å². The lowest BCUT2D eigenvalue weighted by Gasteiger charge is -2.15. The smallest absolute Gasteiger partial charge is 0.326 e. The molecule has 0 saturated carbocycles. The number of nitrogens with one attached hydrogen (secondary N) is 1. The van der Waals surface area contributed by atoms with Gasteiger partial charge in [0, 0.05) is 0 Å². The monoisotopic (exact) mass is 277 g/mol. The minimum Gasteiger partial charge on any atom is -0.480 e. The second kappa shape index (κ2) is 5.64. The maximum absolute atomic E-state index is 12.2. The number of aliphatic carboxylic acids is 1. The highest BCUT2D eigenvalue weighted by atomic mass is 16.7. The van der Waals surface area contributed by atoms with Crippen molar-refractivity contribution in [1.29, 1.82) is 0 Å². The number of ether oxygens (including phenoxy) is 2. The summed E-state index contributed by atoms with van der Waals surface area (Å²) in [5.41, 5.74) is 0.934. The van der Waals surface area contributed by atoms with E-state index in [1.54, 1.807) is 25.1 Å². The van der Waals surface area contributed by atoms with Crippen LogP contribution in [0.1, 0.15) is 23.7 Å². The highest BCUT2D eigenvalue weighted by Gasteiger charge is 2.25. The van der Waals surface area contributed by atoms with Crippen molar-refractivity contribution in [2.24, 2.45) is 0 Å². The Morgan fingerprint density at radius 2 is 2.20 bits per heavy atom. The van der Waals surface area contributed by atoms with Gasteiger partial charge < -0.3 is 19.9 Å². The van der Waals surface area contributed by atoms with E-state index < -0.39 is 17.9 Å². The van der Waals surface area contributed by atoms with Gasteiger partial charge in [0.2, 0.25) is 6.79 Å². The molecule has 1 aliphatic rings. The lowest BCUT2D eigenvalue weighted by Crippen LogP contribution is -2.41. The molecule has 0 aromatic heterocycles. The Kier molecular flexibility index (Phi) is 3.93. The van der Waals surface area contributed by atoms with E-state index in [1.807, 2.05) is 0 Å². The van der Waals surface area contributed by atoms with Crippen molar-refractivity contribution in [3.8, 4) is 11.5 Å². The SMILES string of the molecule is C=C(C)CC(NC(=O)c1cccc2c1OCO2)C(=O)O. The van der Waals surface area contributed by atoms with Crippen LogP contribution in [0, 0.1) is 0 Å². The molecule has 6 heteroatoms. The van der Waals surface area contributed by atoms with Gasteiger partial charge in [-0.25, -0.2) is 4.79 Å². The van der Waals surface area contributed by atoms with E-state index in [-0.39, 0.29) is 18.8 Å². The van der Waals surface area contributed by atoms with Crippen molar-refractivity contribution < 1.29 is 24.2 Å². The molecule has 0 saturated heterocycles. The van der Waals surface area contributed by atoms with Crippen LogP contribution in [0.25, 0.3) is 0 Å². The molecule has 6 nitrogen and oxygen atoms in total. The molecule has 1 heterocycles. The Morgan fingerprint density at radius 3 is 2.85 bits per heavy atom. The molecule has 1 atom stereocenters. The number of carbonyl (C=O) groups excluding carboxylic acids is 1. The lowest BCUT2D eigenvalue weighted by molar-refractivity contribution is -0.139. The summed E-state index contributed by atoms with van der Waals surface area (Å²) in [6.07, 6.45) is 0.174. The summed E-state index contributed by atoms with van der Waals surface area (Å²) in [4.78, 5) is 23.3. The summed E-state index contributed by atoms with van der Waals surface area (Å²) in [5.74, 6) is -0.805. The van der Waals surface area contributed by atoms with Gasteiger partial charge in [-0.1, -0.05) is 11.6 Å². The first-order chi connectivity index (χ1) is 9.49. The first kappa shape index (κ1) is 13.9. The number of amides is 1. The number of para-hydroxylation sites is 1. The number of rotatable bonds is 5. The van der Waals surface area contributed by atoms with E-state index in [0.717, 1.165) is 0 Å². The Hall–Kier alpha value is -2.50. The van der Waals surface area contributed by atoms with Crippen molar-refractivity contribution in [1.82, 2.24) is 5.32 Å². The number of fused-ring (bicyclic) bond motifs is 1. The van der Waals surface area contributed by atoms with Gasteiger partial charge in [0.05, 0.1) is 5.56 Å². The molecule has 0 aliphatic carbocycles. The van der Waals surface area contributed by atoms with Gasteiger partial charge in [0.1, 0.15) is 6.04 Å². The van der Waals surface area contributed by atoms with Crippen LogP contribution in [0.3, 0.4) is 0 Å². The number of benzene rings is 1. The third kappa shape index (κ3) is 2.90. The van der Waals surface area contributed by atoms with Gasteiger partial charge in [-0.15, -0.1) is 6.58 Å². The van der Waals surface area contributed by atoms with Crippen molar-refractivity contribution in [2.45, 2.75) is 19.4 Å². The largest absolute Gasteiger partial charge is 0.480 e. The van der Waals surface area contributed by atoms with Crippen LogP contribution in [0.4, 0.5) is 0 Å². The summed E-state index contributed by atoms with van der Waals surface area (Å²) in [5, 5.41) is 11.6. The van der Waals surface area contributed by atoms with E-state index in [4.69, 9.17) is 14.6 Å². The molecule has 1 unspecified atom stereocenters. The summed E-state index contributed by atoms with van der Waals surface area (Å²) in [7, 11) is 0. The van der Waals surface area contributed by atoms with E-state index in [0.29, 0.717) is 17.1 Å². The quantitative estimate of drug-likeness (QED) is 0.798. The first-order valence-electron chi connectivity index (χ1n) is 6.05. The Balaban J connectivity index is 2.17. The summed E-state index contributed by atoms with van der Waals surface area (Å²) < 4.78 is 10.4. The molecule has 0 radical (unpaired) electrons. The van der Waals surface area contributed by atoms with Crippen LogP contribution in [-0.4, -0.2) is 29.8 Å². The summed E-state index contributed by atoms with van der Waals surface area (Å²) in [6.45, 7) is 5.41. The Labute approximate surface area is 116 Å². The van der Waals surface area contributed by atoms with E-state index >= 15 is 0 Å². The molecule has 20 heavy (non-hydrogen) atoms. The molecule has 0 spiro atoms. The fraction of sp³-hybridized carbons (Fsp3) is 0.286. The molecule has 2 rings (SSSR count). The van der Waals surface area contributed by atoms with Gasteiger partial charge in [-0.05, 0) is 25.5 Å². The predicted octanol–water partition coefficient (Wildman–Crippen LogP) is 1.56. The number of hydrogen-bond donors (Lipinski definition) is 2. The number of carbonyl (C=O) groups is 2. The molecule has 0 fully saturated rings. The van der Waals surface area contributed by atoms with E-state index in [1.165, 1.54) is 0 Å². The van der Waals surface area contributed by atoms with Crippen molar-refractivity contribution >= 4 is 11.9 Å². The van der Waals surface area contributed by atoms with Crippen LogP contribution in [0.15, 0.2) is 30.4 Å². The fourth-order valence-corrected chi connectivity index (χ4v) is 1.89. The van der Waals surface area contributed by atoms with Gasteiger partial charge in [0.15, 0.2) is 11.5 Å². The van der Waals surface area contributed by atoms with Crippen LogP contribution in [0.2, 0.25) is 0 Å². The predicted molar refractivity (Wildman–Crippen MR) is 70.9 cm³/mol. The van der Waals surface area contributed by atoms with Gasteiger partial charge in [-0.2, -0.15) is 0 Å². The second-order valence-electron chi connectivity index (χ2n) is 4.56. The molecular weight excluding hydrogens is 262 g/mol. The topological polar surface area (TPSA) is 84.9 Å². The minimum absolute atomic E-state index is 0.0494. The molecule has 1 aromatic carbocycles. The maximum atomic E-state index is 12.2. The molecule has 2 N–H and O–H groups in total. The number of carboxylic acids is 1. The third-order valence-electron chi connectivity index (χ3n) is 2.80. The lowest BCUT2D eigenvalue weighted by atomic mass is 10.1. The molecule has 0 bridgehead atoms. The van der Waals surface area contributed by atoms with Gasteiger partial charge >= 0.3 is 5.97 Å². The minimum atomic E-state index is -1.11. The van der Waals surface area contributed by atoms with E-state index in [9.17, 15) is 9.59 Å². The van der Waals surface area contributed by atoms with Gasteiger partial charge in [-0.3, -0.25) is 4.79 Å². The average molecular weight is 277 g/mol. The second-order valence-corrected chi connectivity index (χ2v) is 4.56. The maximum Gasteiger partial charge on any atom is 0.326 e.